The molecule has 1 saturated carbocycles. The maximum absolute atomic E-state index is 10.7. The van der Waals surface area contributed by atoms with Crippen molar-refractivity contribution in [3.05, 3.63) is 42.5 Å². The Balaban J connectivity index is 1.69. The second-order valence-corrected chi connectivity index (χ2v) is 6.05. The first-order valence-electron chi connectivity index (χ1n) is 7.70. The molecular weight excluding hydrogens is 246 g/mol. The predicted molar refractivity (Wildman–Crippen MR) is 85.1 cm³/mol. The van der Waals surface area contributed by atoms with Crippen molar-refractivity contribution >= 4 is 16.5 Å². The highest BCUT2D eigenvalue weighted by molar-refractivity contribution is 5.85. The van der Waals surface area contributed by atoms with Gasteiger partial charge >= 0.3 is 0 Å². The van der Waals surface area contributed by atoms with E-state index in [0.717, 1.165) is 31.4 Å². The Hall–Kier alpha value is -1.54. The fraction of sp³-hybridized carbons (Fsp3) is 0.444. The molecule has 2 aromatic carbocycles. The van der Waals surface area contributed by atoms with E-state index in [2.05, 4.69) is 47.8 Å². The summed E-state index contributed by atoms with van der Waals surface area (Å²) in [5.74, 6) is 0. The lowest BCUT2D eigenvalue weighted by Gasteiger charge is -2.27. The van der Waals surface area contributed by atoms with Gasteiger partial charge in [0, 0.05) is 12.2 Å². The third kappa shape index (κ3) is 3.13. The van der Waals surface area contributed by atoms with Gasteiger partial charge in [0.2, 0.25) is 0 Å². The van der Waals surface area contributed by atoms with Crippen molar-refractivity contribution in [2.45, 2.75) is 44.1 Å². The van der Waals surface area contributed by atoms with Crippen molar-refractivity contribution in [2.75, 3.05) is 11.9 Å². The molecule has 2 N–H and O–H groups in total. The van der Waals surface area contributed by atoms with Crippen LogP contribution in [0.5, 0.6) is 0 Å². The summed E-state index contributed by atoms with van der Waals surface area (Å²) in [5.41, 5.74) is 0.573. The Kier molecular flexibility index (Phi) is 3.93. The van der Waals surface area contributed by atoms with Crippen LogP contribution in [0, 0.1) is 0 Å². The largest absolute Gasteiger partial charge is 0.388 e. The van der Waals surface area contributed by atoms with Crippen LogP contribution in [0.4, 0.5) is 5.69 Å². The highest BCUT2D eigenvalue weighted by Crippen LogP contribution is 2.28. The molecule has 106 valence electrons. The summed E-state index contributed by atoms with van der Waals surface area (Å²) in [4.78, 5) is 0. The Bertz CT molecular complexity index is 570. The molecule has 0 spiro atoms. The van der Waals surface area contributed by atoms with Gasteiger partial charge in [-0.25, -0.2) is 0 Å². The van der Waals surface area contributed by atoms with E-state index < -0.39 is 5.60 Å². The van der Waals surface area contributed by atoms with E-state index in [4.69, 9.17) is 0 Å². The number of benzene rings is 2. The topological polar surface area (TPSA) is 32.3 Å². The van der Waals surface area contributed by atoms with E-state index in [9.17, 15) is 5.11 Å². The SMILES string of the molecule is OC1(CNc2ccc3ccccc3c2)CCCCCC1. The molecule has 2 heteroatoms. The van der Waals surface area contributed by atoms with E-state index in [-0.39, 0.29) is 0 Å². The average Bonchev–Trinajstić information content (AvgIpc) is 2.70. The molecule has 0 heterocycles. The van der Waals surface area contributed by atoms with Crippen molar-refractivity contribution in [2.24, 2.45) is 0 Å². The molecule has 0 unspecified atom stereocenters. The molecule has 1 aliphatic rings. The lowest BCUT2D eigenvalue weighted by atomic mass is 9.94. The number of anilines is 1. The average molecular weight is 269 g/mol. The number of rotatable bonds is 3. The van der Waals surface area contributed by atoms with Gasteiger partial charge in [0.15, 0.2) is 0 Å². The van der Waals surface area contributed by atoms with Crippen molar-refractivity contribution in [3.63, 3.8) is 0 Å². The summed E-state index contributed by atoms with van der Waals surface area (Å²) < 4.78 is 0. The molecule has 0 atom stereocenters. The molecule has 20 heavy (non-hydrogen) atoms. The van der Waals surface area contributed by atoms with Crippen molar-refractivity contribution in [1.29, 1.82) is 0 Å². The zero-order valence-corrected chi connectivity index (χ0v) is 11.9. The number of hydrogen-bond donors (Lipinski definition) is 2. The lowest BCUT2D eigenvalue weighted by molar-refractivity contribution is 0.0381. The predicted octanol–water partition coefficient (Wildman–Crippen LogP) is 4.34. The number of fused-ring (bicyclic) bond motifs is 1. The maximum atomic E-state index is 10.7. The Labute approximate surface area is 120 Å². The van der Waals surface area contributed by atoms with Gasteiger partial charge in [0.05, 0.1) is 5.60 Å². The normalized spacial score (nSPS) is 18.6. The monoisotopic (exact) mass is 269 g/mol. The first-order valence-corrected chi connectivity index (χ1v) is 7.70. The molecule has 0 radical (unpaired) electrons. The zero-order valence-electron chi connectivity index (χ0n) is 11.9. The van der Waals surface area contributed by atoms with E-state index in [1.54, 1.807) is 0 Å². The molecule has 1 aliphatic carbocycles. The van der Waals surface area contributed by atoms with Gasteiger partial charge in [-0.3, -0.25) is 0 Å². The maximum Gasteiger partial charge on any atom is 0.0819 e. The van der Waals surface area contributed by atoms with E-state index in [0.29, 0.717) is 6.54 Å². The van der Waals surface area contributed by atoms with Crippen LogP contribution in [0.15, 0.2) is 42.5 Å². The summed E-state index contributed by atoms with van der Waals surface area (Å²) >= 11 is 0. The van der Waals surface area contributed by atoms with Gasteiger partial charge in [-0.1, -0.05) is 56.0 Å². The minimum absolute atomic E-state index is 0.526. The molecule has 0 aromatic heterocycles. The molecule has 1 fully saturated rings. The van der Waals surface area contributed by atoms with E-state index in [1.165, 1.54) is 23.6 Å². The summed E-state index contributed by atoms with van der Waals surface area (Å²) in [5, 5.41) is 16.6. The van der Waals surface area contributed by atoms with Crippen molar-refractivity contribution in [3.8, 4) is 0 Å². The third-order valence-corrected chi connectivity index (χ3v) is 4.41. The van der Waals surface area contributed by atoms with Gasteiger partial charge in [0.1, 0.15) is 0 Å². The van der Waals surface area contributed by atoms with Crippen molar-refractivity contribution < 1.29 is 5.11 Å². The first kappa shape index (κ1) is 13.4. The van der Waals surface area contributed by atoms with Crippen LogP contribution in [-0.2, 0) is 0 Å². The van der Waals surface area contributed by atoms with Crippen LogP contribution in [0.25, 0.3) is 10.8 Å². The molecule has 0 amide bonds. The number of nitrogens with one attached hydrogen (secondary N) is 1. The molecule has 0 saturated heterocycles. The van der Waals surface area contributed by atoms with Crippen molar-refractivity contribution in [1.82, 2.24) is 0 Å². The van der Waals surface area contributed by atoms with Crippen LogP contribution in [0.3, 0.4) is 0 Å². The molecule has 2 aromatic rings. The minimum Gasteiger partial charge on any atom is -0.388 e. The second kappa shape index (κ2) is 5.84. The van der Waals surface area contributed by atoms with Gasteiger partial charge in [0.25, 0.3) is 0 Å². The molecule has 2 nitrogen and oxygen atoms in total. The lowest BCUT2D eigenvalue weighted by Crippen LogP contribution is -2.36. The number of aliphatic hydroxyl groups is 1. The Morgan fingerprint density at radius 3 is 2.35 bits per heavy atom. The Morgan fingerprint density at radius 1 is 0.900 bits per heavy atom. The quantitative estimate of drug-likeness (QED) is 0.812. The second-order valence-electron chi connectivity index (χ2n) is 6.05. The summed E-state index contributed by atoms with van der Waals surface area (Å²) in [7, 11) is 0. The van der Waals surface area contributed by atoms with E-state index >= 15 is 0 Å². The van der Waals surface area contributed by atoms with Crippen LogP contribution in [-0.4, -0.2) is 17.3 Å². The summed E-state index contributed by atoms with van der Waals surface area (Å²) in [6.45, 7) is 0.658. The fourth-order valence-corrected chi connectivity index (χ4v) is 3.13. The molecule has 3 rings (SSSR count). The highest BCUT2D eigenvalue weighted by Gasteiger charge is 2.27. The third-order valence-electron chi connectivity index (χ3n) is 4.41. The summed E-state index contributed by atoms with van der Waals surface area (Å²) in [6.07, 6.45) is 6.67. The van der Waals surface area contributed by atoms with Crippen LogP contribution >= 0.6 is 0 Å². The highest BCUT2D eigenvalue weighted by atomic mass is 16.3. The van der Waals surface area contributed by atoms with Gasteiger partial charge in [-0.15, -0.1) is 0 Å². The standard InChI is InChI=1S/C18H23NO/c20-18(11-5-1-2-6-12-18)14-19-17-10-9-15-7-3-4-8-16(15)13-17/h3-4,7-10,13,19-20H,1-2,5-6,11-12,14H2. The van der Waals surface area contributed by atoms with Gasteiger partial charge in [-0.05, 0) is 35.7 Å². The Morgan fingerprint density at radius 2 is 1.60 bits per heavy atom. The fourth-order valence-electron chi connectivity index (χ4n) is 3.13. The van der Waals surface area contributed by atoms with E-state index in [1.807, 2.05) is 0 Å². The number of hydrogen-bond acceptors (Lipinski definition) is 2. The smallest absolute Gasteiger partial charge is 0.0819 e. The first-order chi connectivity index (χ1) is 9.75. The molecule has 0 bridgehead atoms. The van der Waals surface area contributed by atoms with Crippen LogP contribution < -0.4 is 5.32 Å². The zero-order chi connectivity index (χ0) is 13.8. The van der Waals surface area contributed by atoms with Gasteiger partial charge < -0.3 is 10.4 Å². The van der Waals surface area contributed by atoms with Crippen LogP contribution in [0.1, 0.15) is 38.5 Å². The minimum atomic E-state index is -0.526. The molecule has 0 aliphatic heterocycles. The van der Waals surface area contributed by atoms with Gasteiger partial charge in [-0.2, -0.15) is 0 Å². The summed E-state index contributed by atoms with van der Waals surface area (Å²) in [6, 6.07) is 14.8. The molecular formula is C18H23NO. The van der Waals surface area contributed by atoms with Crippen LogP contribution in [0.2, 0.25) is 0 Å².